The summed E-state index contributed by atoms with van der Waals surface area (Å²) in [6.07, 6.45) is 12.7. The van der Waals surface area contributed by atoms with Crippen LogP contribution in [0.5, 0.6) is 0 Å². The predicted octanol–water partition coefficient (Wildman–Crippen LogP) is 5.70. The van der Waals surface area contributed by atoms with Crippen molar-refractivity contribution in [2.75, 3.05) is 0 Å². The van der Waals surface area contributed by atoms with E-state index in [0.717, 1.165) is 42.2 Å². The van der Waals surface area contributed by atoms with E-state index >= 15 is 0 Å². The number of allylic oxidation sites excluding steroid dienone is 4. The molecule has 1 atom stereocenters. The number of halogens is 1. The van der Waals surface area contributed by atoms with Crippen LogP contribution in [-0.2, 0) is 0 Å². The Balaban J connectivity index is 1.73. The summed E-state index contributed by atoms with van der Waals surface area (Å²) < 4.78 is 14.1. The first-order valence-corrected chi connectivity index (χ1v) is 7.82. The van der Waals surface area contributed by atoms with Crippen LogP contribution in [-0.4, -0.2) is 0 Å². The molecule has 0 aliphatic heterocycles. The second kappa shape index (κ2) is 5.19. The van der Waals surface area contributed by atoms with E-state index in [1.165, 1.54) is 50.5 Å². The van der Waals surface area contributed by atoms with Crippen LogP contribution in [0.3, 0.4) is 0 Å². The highest BCUT2D eigenvalue weighted by atomic mass is 19.1. The molecule has 1 saturated carbocycles. The zero-order chi connectivity index (χ0) is 12.5. The first kappa shape index (κ1) is 12.4. The number of hydrogen-bond donors (Lipinski definition) is 0. The fourth-order valence-corrected chi connectivity index (χ4v) is 4.28. The van der Waals surface area contributed by atoms with Crippen molar-refractivity contribution in [1.82, 2.24) is 0 Å². The van der Waals surface area contributed by atoms with Gasteiger partial charge in [-0.15, -0.1) is 0 Å². The van der Waals surface area contributed by atoms with Crippen LogP contribution in [0.15, 0.2) is 22.5 Å². The smallest absolute Gasteiger partial charge is 0.125 e. The van der Waals surface area contributed by atoms with Gasteiger partial charge in [0.25, 0.3) is 0 Å². The maximum Gasteiger partial charge on any atom is 0.125 e. The molecule has 3 rings (SSSR count). The Bertz CT molecular complexity index is 382. The van der Waals surface area contributed by atoms with Crippen molar-refractivity contribution in [3.8, 4) is 0 Å². The Hall–Kier alpha value is -0.590. The Morgan fingerprint density at radius 2 is 1.67 bits per heavy atom. The molecule has 100 valence electrons. The first-order valence-electron chi connectivity index (χ1n) is 7.82. The monoisotopic (exact) mass is 248 g/mol. The van der Waals surface area contributed by atoms with Crippen LogP contribution in [0.25, 0.3) is 0 Å². The van der Waals surface area contributed by atoms with Gasteiger partial charge >= 0.3 is 0 Å². The van der Waals surface area contributed by atoms with Crippen LogP contribution in [0.1, 0.15) is 71.1 Å². The third kappa shape index (κ3) is 2.29. The van der Waals surface area contributed by atoms with Gasteiger partial charge < -0.3 is 0 Å². The molecule has 1 unspecified atom stereocenters. The van der Waals surface area contributed by atoms with Crippen LogP contribution in [0, 0.1) is 11.8 Å². The summed E-state index contributed by atoms with van der Waals surface area (Å²) in [7, 11) is 0. The molecule has 0 aromatic carbocycles. The summed E-state index contributed by atoms with van der Waals surface area (Å²) in [6, 6.07) is 0. The average Bonchev–Trinajstić information content (AvgIpc) is 2.44. The summed E-state index contributed by atoms with van der Waals surface area (Å²) >= 11 is 0. The molecule has 0 amide bonds. The highest BCUT2D eigenvalue weighted by Gasteiger charge is 2.31. The van der Waals surface area contributed by atoms with Gasteiger partial charge in [0.15, 0.2) is 0 Å². The molecular formula is C17H25F. The lowest BCUT2D eigenvalue weighted by molar-refractivity contribution is 0.224. The zero-order valence-electron chi connectivity index (χ0n) is 11.6. The fraction of sp³-hybridized carbons (Fsp3) is 0.765. The zero-order valence-corrected chi connectivity index (χ0v) is 11.6. The van der Waals surface area contributed by atoms with Gasteiger partial charge in [0.1, 0.15) is 5.83 Å². The van der Waals surface area contributed by atoms with E-state index in [-0.39, 0.29) is 5.83 Å². The topological polar surface area (TPSA) is 0 Å². The van der Waals surface area contributed by atoms with Crippen LogP contribution >= 0.6 is 0 Å². The molecule has 1 fully saturated rings. The Kier molecular flexibility index (Phi) is 3.59. The van der Waals surface area contributed by atoms with E-state index in [1.807, 2.05) is 6.92 Å². The fourth-order valence-electron chi connectivity index (χ4n) is 4.28. The van der Waals surface area contributed by atoms with Gasteiger partial charge in [-0.25, -0.2) is 4.39 Å². The first-order chi connectivity index (χ1) is 8.75. The van der Waals surface area contributed by atoms with Crippen molar-refractivity contribution in [2.24, 2.45) is 11.8 Å². The minimum atomic E-state index is 0.151. The van der Waals surface area contributed by atoms with E-state index in [9.17, 15) is 4.39 Å². The Labute approximate surface area is 110 Å². The minimum absolute atomic E-state index is 0.151. The normalized spacial score (nSPS) is 30.7. The lowest BCUT2D eigenvalue weighted by Gasteiger charge is -2.36. The molecule has 0 N–H and O–H groups in total. The second-order valence-corrected chi connectivity index (χ2v) is 6.58. The molecule has 1 heteroatoms. The molecule has 3 aliphatic carbocycles. The van der Waals surface area contributed by atoms with Crippen molar-refractivity contribution in [3.05, 3.63) is 22.5 Å². The third-order valence-electron chi connectivity index (χ3n) is 5.46. The van der Waals surface area contributed by atoms with Crippen LogP contribution in [0.4, 0.5) is 4.39 Å². The summed E-state index contributed by atoms with van der Waals surface area (Å²) in [5, 5.41) is 0. The molecule has 0 radical (unpaired) electrons. The highest BCUT2D eigenvalue weighted by Crippen LogP contribution is 2.45. The maximum absolute atomic E-state index is 14.1. The number of hydrogen-bond acceptors (Lipinski definition) is 0. The van der Waals surface area contributed by atoms with Gasteiger partial charge in [-0.2, -0.15) is 0 Å². The molecular weight excluding hydrogens is 223 g/mol. The van der Waals surface area contributed by atoms with Crippen molar-refractivity contribution >= 4 is 0 Å². The molecule has 0 nitrogen and oxygen atoms in total. The van der Waals surface area contributed by atoms with Gasteiger partial charge in [-0.1, -0.05) is 37.7 Å². The standard InChI is InChI=1S/C17H25F/c1-12-7-8-15-11-14(9-10-16(15)17(12)18)13-5-3-2-4-6-13/h13-14H,2-11H2,1H3. The van der Waals surface area contributed by atoms with Gasteiger partial charge in [0, 0.05) is 0 Å². The highest BCUT2D eigenvalue weighted by molar-refractivity contribution is 5.39. The van der Waals surface area contributed by atoms with Crippen molar-refractivity contribution in [2.45, 2.75) is 71.1 Å². The lowest BCUT2D eigenvalue weighted by atomic mass is 9.70. The number of rotatable bonds is 1. The van der Waals surface area contributed by atoms with Crippen LogP contribution in [0.2, 0.25) is 0 Å². The van der Waals surface area contributed by atoms with E-state index in [4.69, 9.17) is 0 Å². The lowest BCUT2D eigenvalue weighted by Crippen LogP contribution is -2.23. The van der Waals surface area contributed by atoms with Gasteiger partial charge in [0.05, 0.1) is 0 Å². The van der Waals surface area contributed by atoms with E-state index in [1.54, 1.807) is 0 Å². The Morgan fingerprint density at radius 3 is 2.44 bits per heavy atom. The average molecular weight is 248 g/mol. The summed E-state index contributed by atoms with van der Waals surface area (Å²) in [5.41, 5.74) is 3.57. The minimum Gasteiger partial charge on any atom is -0.207 e. The largest absolute Gasteiger partial charge is 0.207 e. The molecule has 0 saturated heterocycles. The van der Waals surface area contributed by atoms with Gasteiger partial charge in [0.2, 0.25) is 0 Å². The second-order valence-electron chi connectivity index (χ2n) is 6.58. The van der Waals surface area contributed by atoms with Crippen LogP contribution < -0.4 is 0 Å². The maximum atomic E-state index is 14.1. The predicted molar refractivity (Wildman–Crippen MR) is 74.0 cm³/mol. The third-order valence-corrected chi connectivity index (χ3v) is 5.46. The summed E-state index contributed by atoms with van der Waals surface area (Å²) in [6.45, 7) is 1.96. The molecule has 0 bridgehead atoms. The van der Waals surface area contributed by atoms with Gasteiger partial charge in [-0.3, -0.25) is 0 Å². The van der Waals surface area contributed by atoms with E-state index in [0.29, 0.717) is 0 Å². The van der Waals surface area contributed by atoms with E-state index in [2.05, 4.69) is 0 Å². The van der Waals surface area contributed by atoms with Crippen molar-refractivity contribution in [3.63, 3.8) is 0 Å². The molecule has 18 heavy (non-hydrogen) atoms. The molecule has 0 heterocycles. The molecule has 3 aliphatic rings. The van der Waals surface area contributed by atoms with Gasteiger partial charge in [-0.05, 0) is 62.0 Å². The molecule has 0 aromatic heterocycles. The summed E-state index contributed by atoms with van der Waals surface area (Å²) in [4.78, 5) is 0. The summed E-state index contributed by atoms with van der Waals surface area (Å²) in [5.74, 6) is 1.97. The van der Waals surface area contributed by atoms with E-state index < -0.39 is 0 Å². The van der Waals surface area contributed by atoms with Crippen molar-refractivity contribution in [1.29, 1.82) is 0 Å². The molecule has 0 spiro atoms. The van der Waals surface area contributed by atoms with Crippen molar-refractivity contribution < 1.29 is 4.39 Å². The SMILES string of the molecule is CC1=C(F)C2=C(CC1)CC(C1CCCCC1)CC2. The Morgan fingerprint density at radius 1 is 0.889 bits per heavy atom. The quantitative estimate of drug-likeness (QED) is 0.558. The molecule has 0 aromatic rings.